The average Bonchev–Trinajstić information content (AvgIpc) is 3.02. The summed E-state index contributed by atoms with van der Waals surface area (Å²) in [6, 6.07) is 6.36. The molecule has 0 saturated heterocycles. The van der Waals surface area contributed by atoms with E-state index in [-0.39, 0.29) is 0 Å². The number of aryl methyl sites for hydroxylation is 3. The second-order valence-corrected chi connectivity index (χ2v) is 8.00. The first-order chi connectivity index (χ1) is 12.6. The lowest BCUT2D eigenvalue weighted by molar-refractivity contribution is 0.700. The van der Waals surface area contributed by atoms with E-state index in [1.807, 2.05) is 20.3 Å². The van der Waals surface area contributed by atoms with E-state index in [0.717, 1.165) is 34.4 Å². The smallest absolute Gasteiger partial charge is 0.158 e. The van der Waals surface area contributed by atoms with Crippen LogP contribution >= 0.6 is 11.3 Å². The summed E-state index contributed by atoms with van der Waals surface area (Å²) in [5, 5.41) is 5.61. The van der Waals surface area contributed by atoms with E-state index >= 15 is 0 Å². The van der Waals surface area contributed by atoms with Gasteiger partial charge in [0, 0.05) is 24.7 Å². The van der Waals surface area contributed by atoms with E-state index in [2.05, 4.69) is 50.5 Å². The van der Waals surface area contributed by atoms with Gasteiger partial charge in [-0.05, 0) is 61.4 Å². The number of aromatic nitrogens is 2. The lowest BCUT2D eigenvalue weighted by Gasteiger charge is -2.13. The average molecular weight is 366 g/mol. The van der Waals surface area contributed by atoms with E-state index in [0.29, 0.717) is 0 Å². The molecule has 4 rings (SSSR count). The van der Waals surface area contributed by atoms with Crippen molar-refractivity contribution < 1.29 is 0 Å². The van der Waals surface area contributed by atoms with E-state index in [1.54, 1.807) is 17.7 Å². The number of thiophene rings is 1. The first-order valence-electron chi connectivity index (χ1n) is 8.96. The number of fused-ring (bicyclic) bond motifs is 3. The molecule has 0 atom stereocenters. The lowest BCUT2D eigenvalue weighted by atomic mass is 9.97. The largest absolute Gasteiger partial charge is 0.378 e. The maximum Gasteiger partial charge on any atom is 0.158 e. The predicted octanol–water partition coefficient (Wildman–Crippen LogP) is 4.39. The Morgan fingerprint density at radius 2 is 2.04 bits per heavy atom. The topological polar surface area (TPSA) is 53.4 Å². The molecule has 0 aliphatic heterocycles. The van der Waals surface area contributed by atoms with E-state index in [4.69, 9.17) is 0 Å². The molecule has 26 heavy (non-hydrogen) atoms. The molecule has 3 aromatic rings. The first-order valence-corrected chi connectivity index (χ1v) is 9.77. The van der Waals surface area contributed by atoms with Crippen LogP contribution in [0, 0.1) is 6.92 Å². The van der Waals surface area contributed by atoms with Crippen LogP contribution in [-0.2, 0) is 12.8 Å². The minimum atomic E-state index is 0.813. The van der Waals surface area contributed by atoms with Crippen LogP contribution in [0.1, 0.15) is 34.4 Å². The summed E-state index contributed by atoms with van der Waals surface area (Å²) in [6.07, 6.45) is 8.29. The monoisotopic (exact) mass is 365 g/mol. The van der Waals surface area contributed by atoms with Crippen molar-refractivity contribution in [2.45, 2.75) is 32.6 Å². The third kappa shape index (κ3) is 3.17. The molecule has 0 amide bonds. The highest BCUT2D eigenvalue weighted by Crippen LogP contribution is 2.38. The molecule has 1 aliphatic carbocycles. The molecular weight excluding hydrogens is 342 g/mol. The van der Waals surface area contributed by atoms with Gasteiger partial charge in [-0.2, -0.15) is 5.10 Å². The van der Waals surface area contributed by atoms with Crippen molar-refractivity contribution in [3.05, 3.63) is 46.1 Å². The Bertz CT molecular complexity index is 974. The number of rotatable bonds is 4. The van der Waals surface area contributed by atoms with E-state index < -0.39 is 0 Å². The Balaban J connectivity index is 1.60. The fraction of sp³-hybridized carbons (Fsp3) is 0.350. The fourth-order valence-electron chi connectivity index (χ4n) is 3.42. The van der Waals surface area contributed by atoms with Crippen LogP contribution in [0.25, 0.3) is 10.2 Å². The van der Waals surface area contributed by atoms with Gasteiger partial charge in [-0.3, -0.25) is 5.43 Å². The van der Waals surface area contributed by atoms with Gasteiger partial charge in [0.15, 0.2) is 5.82 Å². The molecule has 2 heterocycles. The lowest BCUT2D eigenvalue weighted by Crippen LogP contribution is -2.09. The van der Waals surface area contributed by atoms with Gasteiger partial charge in [0.2, 0.25) is 0 Å². The van der Waals surface area contributed by atoms with Crippen molar-refractivity contribution >= 4 is 39.3 Å². The van der Waals surface area contributed by atoms with Crippen LogP contribution in [0.2, 0.25) is 0 Å². The van der Waals surface area contributed by atoms with Crippen molar-refractivity contribution in [1.29, 1.82) is 0 Å². The van der Waals surface area contributed by atoms with Crippen molar-refractivity contribution in [3.8, 4) is 0 Å². The Morgan fingerprint density at radius 1 is 1.19 bits per heavy atom. The SMILES string of the molecule is Cc1cc(N(C)C)ccc1C=NNc1ncnc2sc3c(c12)CCCC3. The standard InChI is InChI=1S/C20H23N5S/c1-13-10-15(25(2)3)9-8-14(13)11-23-24-19-18-16-6-4-5-7-17(16)26-20(18)22-12-21-19/h8-12H,4-7H2,1-3H3,(H,21,22,24). The predicted molar refractivity (Wildman–Crippen MR) is 111 cm³/mol. The van der Waals surface area contributed by atoms with Gasteiger partial charge in [-0.1, -0.05) is 6.07 Å². The molecule has 0 fully saturated rings. The molecule has 1 aliphatic rings. The van der Waals surface area contributed by atoms with Gasteiger partial charge in [0.05, 0.1) is 11.6 Å². The summed E-state index contributed by atoms with van der Waals surface area (Å²) < 4.78 is 0. The molecule has 6 heteroatoms. The number of nitrogens with zero attached hydrogens (tertiary/aromatic N) is 4. The molecule has 0 saturated carbocycles. The highest BCUT2D eigenvalue weighted by atomic mass is 32.1. The summed E-state index contributed by atoms with van der Waals surface area (Å²) in [5.41, 5.74) is 8.05. The Kier molecular flexibility index (Phi) is 4.59. The Morgan fingerprint density at radius 3 is 2.85 bits per heavy atom. The van der Waals surface area contributed by atoms with Crippen LogP contribution in [-0.4, -0.2) is 30.3 Å². The minimum Gasteiger partial charge on any atom is -0.378 e. The third-order valence-electron chi connectivity index (χ3n) is 4.90. The maximum absolute atomic E-state index is 4.46. The van der Waals surface area contributed by atoms with Crippen LogP contribution in [0.15, 0.2) is 29.6 Å². The van der Waals surface area contributed by atoms with Gasteiger partial charge in [0.25, 0.3) is 0 Å². The van der Waals surface area contributed by atoms with Crippen LogP contribution in [0.5, 0.6) is 0 Å². The summed E-state index contributed by atoms with van der Waals surface area (Å²) in [4.78, 5) is 13.5. The number of benzene rings is 1. The summed E-state index contributed by atoms with van der Waals surface area (Å²) in [7, 11) is 4.10. The number of hydrogen-bond donors (Lipinski definition) is 1. The normalized spacial score (nSPS) is 14.0. The van der Waals surface area contributed by atoms with Gasteiger partial charge in [0.1, 0.15) is 11.2 Å². The minimum absolute atomic E-state index is 0.813. The highest BCUT2D eigenvalue weighted by Gasteiger charge is 2.19. The molecule has 1 N–H and O–H groups in total. The molecule has 1 aromatic carbocycles. The molecule has 2 aromatic heterocycles. The maximum atomic E-state index is 4.46. The van der Waals surface area contributed by atoms with Gasteiger partial charge < -0.3 is 4.90 Å². The zero-order valence-corrected chi connectivity index (χ0v) is 16.2. The van der Waals surface area contributed by atoms with Crippen molar-refractivity contribution in [1.82, 2.24) is 9.97 Å². The van der Waals surface area contributed by atoms with Gasteiger partial charge in [-0.15, -0.1) is 11.3 Å². The zero-order valence-electron chi connectivity index (χ0n) is 15.4. The van der Waals surface area contributed by atoms with Crippen LogP contribution < -0.4 is 10.3 Å². The zero-order chi connectivity index (χ0) is 18.1. The number of hydrogen-bond acceptors (Lipinski definition) is 6. The van der Waals surface area contributed by atoms with Crippen LogP contribution in [0.4, 0.5) is 11.5 Å². The van der Waals surface area contributed by atoms with Crippen molar-refractivity contribution in [2.75, 3.05) is 24.4 Å². The fourth-order valence-corrected chi connectivity index (χ4v) is 4.65. The molecule has 0 spiro atoms. The van der Waals surface area contributed by atoms with Crippen molar-refractivity contribution in [2.24, 2.45) is 5.10 Å². The Labute approximate surface area is 157 Å². The molecular formula is C20H23N5S. The number of nitrogens with one attached hydrogen (secondary N) is 1. The number of anilines is 2. The quantitative estimate of drug-likeness (QED) is 0.550. The third-order valence-corrected chi connectivity index (χ3v) is 6.10. The van der Waals surface area contributed by atoms with E-state index in [1.165, 1.54) is 34.5 Å². The summed E-state index contributed by atoms with van der Waals surface area (Å²) in [5.74, 6) is 0.813. The second kappa shape index (κ2) is 7.03. The van der Waals surface area contributed by atoms with E-state index in [9.17, 15) is 0 Å². The first kappa shape index (κ1) is 17.0. The second-order valence-electron chi connectivity index (χ2n) is 6.92. The summed E-state index contributed by atoms with van der Waals surface area (Å²) >= 11 is 1.80. The molecule has 0 unspecified atom stereocenters. The molecule has 0 bridgehead atoms. The molecule has 0 radical (unpaired) electrons. The Hall–Kier alpha value is -2.47. The highest BCUT2D eigenvalue weighted by molar-refractivity contribution is 7.19. The molecule has 5 nitrogen and oxygen atoms in total. The van der Waals surface area contributed by atoms with Crippen molar-refractivity contribution in [3.63, 3.8) is 0 Å². The van der Waals surface area contributed by atoms with Gasteiger partial charge >= 0.3 is 0 Å². The summed E-state index contributed by atoms with van der Waals surface area (Å²) in [6.45, 7) is 2.10. The van der Waals surface area contributed by atoms with Crippen LogP contribution in [0.3, 0.4) is 0 Å². The van der Waals surface area contributed by atoms with Gasteiger partial charge in [-0.25, -0.2) is 9.97 Å². The number of hydrazone groups is 1. The molecule has 134 valence electrons.